The van der Waals surface area contributed by atoms with Crippen LogP contribution in [0, 0.1) is 0 Å². The minimum Gasteiger partial charge on any atom is -0.303 e. The fourth-order valence-corrected chi connectivity index (χ4v) is 1.21. The Kier molecular flexibility index (Phi) is 3.26. The van der Waals surface area contributed by atoms with Crippen molar-refractivity contribution in [2.24, 2.45) is 5.11 Å². The molecule has 1 rings (SSSR count). The molecule has 0 aliphatic heterocycles. The monoisotopic (exact) mass is 189 g/mol. The van der Waals surface area contributed by atoms with E-state index in [4.69, 9.17) is 5.53 Å². The van der Waals surface area contributed by atoms with Gasteiger partial charge in [-0.05, 0) is 24.4 Å². The first-order valence-corrected chi connectivity index (χ1v) is 4.27. The molecule has 72 valence electrons. The zero-order valence-electron chi connectivity index (χ0n) is 7.92. The van der Waals surface area contributed by atoms with Crippen molar-refractivity contribution in [2.75, 3.05) is 0 Å². The van der Waals surface area contributed by atoms with E-state index in [0.717, 1.165) is 5.56 Å². The second kappa shape index (κ2) is 4.44. The van der Waals surface area contributed by atoms with Crippen LogP contribution in [0.3, 0.4) is 0 Å². The molecular formula is C10H11N3O. The van der Waals surface area contributed by atoms with Crippen LogP contribution >= 0.6 is 0 Å². The topological polar surface area (TPSA) is 65.8 Å². The minimum absolute atomic E-state index is 0.432. The van der Waals surface area contributed by atoms with Gasteiger partial charge in [-0.1, -0.05) is 35.4 Å². The molecule has 0 bridgehead atoms. The van der Waals surface area contributed by atoms with E-state index >= 15 is 0 Å². The van der Waals surface area contributed by atoms with Gasteiger partial charge in [0.15, 0.2) is 0 Å². The van der Waals surface area contributed by atoms with Crippen molar-refractivity contribution >= 4 is 6.29 Å². The van der Waals surface area contributed by atoms with Gasteiger partial charge < -0.3 is 4.79 Å². The van der Waals surface area contributed by atoms with Crippen LogP contribution in [0.2, 0.25) is 0 Å². The Balaban J connectivity index is 2.85. The van der Waals surface area contributed by atoms with Gasteiger partial charge in [0.1, 0.15) is 11.8 Å². The first-order valence-electron chi connectivity index (χ1n) is 4.27. The van der Waals surface area contributed by atoms with Crippen LogP contribution in [0.5, 0.6) is 0 Å². The van der Waals surface area contributed by atoms with Crippen molar-refractivity contribution < 1.29 is 4.79 Å². The third-order valence-electron chi connectivity index (χ3n) is 1.93. The zero-order chi connectivity index (χ0) is 10.4. The van der Waals surface area contributed by atoms with Crippen LogP contribution < -0.4 is 0 Å². The predicted molar refractivity (Wildman–Crippen MR) is 53.8 cm³/mol. The molecular weight excluding hydrogens is 178 g/mol. The predicted octanol–water partition coefficient (Wildman–Crippen LogP) is 2.50. The Morgan fingerprint density at radius 1 is 1.50 bits per heavy atom. The zero-order valence-corrected chi connectivity index (χ0v) is 7.92. The molecule has 0 saturated carbocycles. The molecule has 0 aliphatic rings. The van der Waals surface area contributed by atoms with Crippen molar-refractivity contribution in [1.29, 1.82) is 0 Å². The van der Waals surface area contributed by atoms with E-state index < -0.39 is 5.54 Å². The van der Waals surface area contributed by atoms with Gasteiger partial charge in [-0.2, -0.15) is 0 Å². The largest absolute Gasteiger partial charge is 0.303 e. The van der Waals surface area contributed by atoms with Gasteiger partial charge >= 0.3 is 0 Å². The lowest BCUT2D eigenvalue weighted by Crippen LogP contribution is -2.26. The summed E-state index contributed by atoms with van der Waals surface area (Å²) in [5, 5.41) is 3.48. The summed E-state index contributed by atoms with van der Waals surface area (Å²) in [4.78, 5) is 13.4. The maximum Gasteiger partial charge on any atom is 0.132 e. The van der Waals surface area contributed by atoms with Gasteiger partial charge in [0, 0.05) is 4.91 Å². The summed E-state index contributed by atoms with van der Waals surface area (Å²) in [7, 11) is 0. The van der Waals surface area contributed by atoms with E-state index in [1.807, 2.05) is 30.3 Å². The molecule has 0 amide bonds. The van der Waals surface area contributed by atoms with E-state index in [9.17, 15) is 4.79 Å². The number of rotatable bonds is 4. The highest BCUT2D eigenvalue weighted by Crippen LogP contribution is 2.15. The summed E-state index contributed by atoms with van der Waals surface area (Å²) < 4.78 is 0. The smallest absolute Gasteiger partial charge is 0.132 e. The standard InChI is InChI=1S/C10H11N3O/c1-10(8-14,12-13-11)7-9-5-3-2-4-6-9/h2-6,8H,7H2,1H3. The molecule has 1 atom stereocenters. The number of hydrogen-bond acceptors (Lipinski definition) is 2. The summed E-state index contributed by atoms with van der Waals surface area (Å²) in [6, 6.07) is 9.46. The Bertz CT molecular complexity index is 357. The molecule has 0 saturated heterocycles. The lowest BCUT2D eigenvalue weighted by molar-refractivity contribution is -0.111. The lowest BCUT2D eigenvalue weighted by Gasteiger charge is -2.15. The van der Waals surface area contributed by atoms with Gasteiger partial charge in [0.25, 0.3) is 0 Å². The third kappa shape index (κ3) is 2.61. The Labute approximate surface area is 82.2 Å². The van der Waals surface area contributed by atoms with Crippen molar-refractivity contribution in [2.45, 2.75) is 18.9 Å². The van der Waals surface area contributed by atoms with Crippen molar-refractivity contribution in [3.63, 3.8) is 0 Å². The number of nitrogens with zero attached hydrogens (tertiary/aromatic N) is 3. The fraction of sp³-hybridized carbons (Fsp3) is 0.300. The van der Waals surface area contributed by atoms with Crippen molar-refractivity contribution in [1.82, 2.24) is 0 Å². The average Bonchev–Trinajstić information content (AvgIpc) is 2.20. The molecule has 1 unspecified atom stereocenters. The van der Waals surface area contributed by atoms with Gasteiger partial charge in [0.2, 0.25) is 0 Å². The van der Waals surface area contributed by atoms with E-state index in [1.54, 1.807) is 6.92 Å². The van der Waals surface area contributed by atoms with Crippen LogP contribution in [-0.2, 0) is 11.2 Å². The number of azide groups is 1. The highest BCUT2D eigenvalue weighted by Gasteiger charge is 2.21. The van der Waals surface area contributed by atoms with Gasteiger partial charge in [-0.25, -0.2) is 0 Å². The van der Waals surface area contributed by atoms with E-state index in [-0.39, 0.29) is 0 Å². The molecule has 0 aliphatic carbocycles. The second-order valence-corrected chi connectivity index (χ2v) is 3.33. The average molecular weight is 189 g/mol. The highest BCUT2D eigenvalue weighted by atomic mass is 16.1. The summed E-state index contributed by atoms with van der Waals surface area (Å²) in [6.07, 6.45) is 1.11. The number of benzene rings is 1. The number of hydrogen-bond donors (Lipinski definition) is 0. The summed E-state index contributed by atoms with van der Waals surface area (Å²) in [5.41, 5.74) is 8.32. The molecule has 0 N–H and O–H groups in total. The molecule has 0 radical (unpaired) electrons. The highest BCUT2D eigenvalue weighted by molar-refractivity contribution is 5.64. The fourth-order valence-electron chi connectivity index (χ4n) is 1.21. The molecule has 1 aromatic rings. The van der Waals surface area contributed by atoms with Crippen LogP contribution in [0.25, 0.3) is 10.4 Å². The van der Waals surface area contributed by atoms with Crippen LogP contribution in [0.4, 0.5) is 0 Å². The second-order valence-electron chi connectivity index (χ2n) is 3.33. The number of aldehydes is 1. The molecule has 4 heteroatoms. The summed E-state index contributed by atoms with van der Waals surface area (Å²) in [6.45, 7) is 1.62. The maximum absolute atomic E-state index is 10.8. The Morgan fingerprint density at radius 2 is 2.14 bits per heavy atom. The molecule has 0 aromatic heterocycles. The summed E-state index contributed by atoms with van der Waals surface area (Å²) >= 11 is 0. The molecule has 0 heterocycles. The Hall–Kier alpha value is -1.80. The quantitative estimate of drug-likeness (QED) is 0.310. The summed E-state index contributed by atoms with van der Waals surface area (Å²) in [5.74, 6) is 0. The minimum atomic E-state index is -0.976. The first kappa shape index (κ1) is 10.3. The van der Waals surface area contributed by atoms with Gasteiger partial charge in [-0.15, -0.1) is 0 Å². The van der Waals surface area contributed by atoms with Crippen LogP contribution in [0.15, 0.2) is 35.4 Å². The van der Waals surface area contributed by atoms with Crippen LogP contribution in [-0.4, -0.2) is 11.8 Å². The molecule has 0 fully saturated rings. The van der Waals surface area contributed by atoms with Gasteiger partial charge in [0.05, 0.1) is 0 Å². The maximum atomic E-state index is 10.8. The van der Waals surface area contributed by atoms with Gasteiger partial charge in [-0.3, -0.25) is 0 Å². The SMILES string of the molecule is CC(C=O)(Cc1ccccc1)N=[N+]=[N-]. The normalized spacial score (nSPS) is 13.8. The van der Waals surface area contributed by atoms with Crippen molar-refractivity contribution in [3.05, 3.63) is 46.3 Å². The lowest BCUT2D eigenvalue weighted by atomic mass is 9.96. The van der Waals surface area contributed by atoms with E-state index in [1.165, 1.54) is 0 Å². The third-order valence-corrected chi connectivity index (χ3v) is 1.93. The van der Waals surface area contributed by atoms with E-state index in [2.05, 4.69) is 10.0 Å². The molecule has 1 aromatic carbocycles. The molecule has 0 spiro atoms. The number of carbonyl (C=O) groups is 1. The molecule has 14 heavy (non-hydrogen) atoms. The molecule has 4 nitrogen and oxygen atoms in total. The Morgan fingerprint density at radius 3 is 2.64 bits per heavy atom. The van der Waals surface area contributed by atoms with E-state index in [0.29, 0.717) is 12.7 Å². The first-order chi connectivity index (χ1) is 6.70. The van der Waals surface area contributed by atoms with Crippen LogP contribution in [0.1, 0.15) is 12.5 Å². The van der Waals surface area contributed by atoms with Crippen molar-refractivity contribution in [3.8, 4) is 0 Å². The number of carbonyl (C=O) groups excluding carboxylic acids is 1.